The number of ether oxygens (including phenoxy) is 2. The largest absolute Gasteiger partial charge is 0.493 e. The van der Waals surface area contributed by atoms with Crippen molar-refractivity contribution in [1.82, 2.24) is 5.32 Å². The predicted molar refractivity (Wildman–Crippen MR) is 105 cm³/mol. The van der Waals surface area contributed by atoms with Crippen molar-refractivity contribution < 1.29 is 27.8 Å². The molecule has 8 heteroatoms. The van der Waals surface area contributed by atoms with Crippen LogP contribution in [0.2, 0.25) is 0 Å². The van der Waals surface area contributed by atoms with Gasteiger partial charge in [-0.1, -0.05) is 38.1 Å². The summed E-state index contributed by atoms with van der Waals surface area (Å²) < 4.78 is 35.1. The molecule has 2 aromatic carbocycles. The molecule has 6 nitrogen and oxygen atoms in total. The second-order valence-corrected chi connectivity index (χ2v) is 6.49. The highest BCUT2D eigenvalue weighted by atomic mass is 19.3. The van der Waals surface area contributed by atoms with E-state index in [1.54, 1.807) is 51.1 Å². The summed E-state index contributed by atoms with van der Waals surface area (Å²) >= 11 is 0. The van der Waals surface area contributed by atoms with Crippen molar-refractivity contribution in [2.75, 3.05) is 11.9 Å². The van der Waals surface area contributed by atoms with E-state index in [0.29, 0.717) is 17.9 Å². The van der Waals surface area contributed by atoms with E-state index in [-0.39, 0.29) is 17.4 Å². The van der Waals surface area contributed by atoms with Crippen LogP contribution in [0, 0.1) is 5.92 Å². The smallest absolute Gasteiger partial charge is 0.387 e. The van der Waals surface area contributed by atoms with E-state index < -0.39 is 24.5 Å². The Labute approximate surface area is 168 Å². The molecule has 2 aromatic rings. The summed E-state index contributed by atoms with van der Waals surface area (Å²) in [6.45, 7) is 2.70. The number of alkyl halides is 2. The fraction of sp³-hybridized carbons (Fsp3) is 0.333. The monoisotopic (exact) mass is 406 g/mol. The van der Waals surface area contributed by atoms with Gasteiger partial charge in [0, 0.05) is 0 Å². The summed E-state index contributed by atoms with van der Waals surface area (Å²) in [4.78, 5) is 25.5. The van der Waals surface area contributed by atoms with Crippen LogP contribution in [0.25, 0.3) is 0 Å². The van der Waals surface area contributed by atoms with Crippen LogP contribution in [0.1, 0.15) is 31.1 Å². The average molecular weight is 406 g/mol. The van der Waals surface area contributed by atoms with Gasteiger partial charge in [0.15, 0.2) is 0 Å². The summed E-state index contributed by atoms with van der Waals surface area (Å²) in [5.41, 5.74) is 0.390. The molecule has 0 aliphatic heterocycles. The molecule has 0 saturated carbocycles. The number of halogens is 2. The summed E-state index contributed by atoms with van der Waals surface area (Å²) in [5.74, 6) is -1.04. The number of amides is 2. The van der Waals surface area contributed by atoms with Gasteiger partial charge in [-0.3, -0.25) is 9.59 Å². The molecule has 2 N–H and O–H groups in total. The third-order valence-corrected chi connectivity index (χ3v) is 4.03. The topological polar surface area (TPSA) is 76.7 Å². The van der Waals surface area contributed by atoms with E-state index in [1.165, 1.54) is 18.2 Å². The van der Waals surface area contributed by atoms with Crippen molar-refractivity contribution in [1.29, 1.82) is 0 Å². The molecule has 0 unspecified atom stereocenters. The molecular weight excluding hydrogens is 382 g/mol. The minimum Gasteiger partial charge on any atom is -0.493 e. The van der Waals surface area contributed by atoms with E-state index in [2.05, 4.69) is 15.4 Å². The van der Waals surface area contributed by atoms with Crippen LogP contribution < -0.4 is 20.1 Å². The van der Waals surface area contributed by atoms with E-state index in [4.69, 9.17) is 4.74 Å². The zero-order chi connectivity index (χ0) is 21.4. The Balaban J connectivity index is 2.18. The zero-order valence-corrected chi connectivity index (χ0v) is 16.4. The van der Waals surface area contributed by atoms with Crippen LogP contribution in [0.15, 0.2) is 48.5 Å². The first-order valence-electron chi connectivity index (χ1n) is 9.20. The summed E-state index contributed by atoms with van der Waals surface area (Å²) in [7, 11) is 0. The molecule has 1 atom stereocenters. The first-order chi connectivity index (χ1) is 13.8. The number of hydrogen-bond acceptors (Lipinski definition) is 4. The Morgan fingerprint density at radius 2 is 1.62 bits per heavy atom. The molecule has 0 aromatic heterocycles. The molecule has 29 heavy (non-hydrogen) atoms. The molecule has 0 aliphatic carbocycles. The molecule has 0 bridgehead atoms. The highest BCUT2D eigenvalue weighted by molar-refractivity contribution is 6.03. The number of benzene rings is 2. The van der Waals surface area contributed by atoms with E-state index >= 15 is 0 Å². The van der Waals surface area contributed by atoms with Gasteiger partial charge in [-0.2, -0.15) is 8.78 Å². The second kappa shape index (κ2) is 10.4. The lowest BCUT2D eigenvalue weighted by Crippen LogP contribution is -2.47. The first-order valence-corrected chi connectivity index (χ1v) is 9.20. The van der Waals surface area contributed by atoms with E-state index in [1.807, 2.05) is 0 Å². The minimum absolute atomic E-state index is 0.0902. The number of para-hydroxylation sites is 3. The van der Waals surface area contributed by atoms with Crippen LogP contribution >= 0.6 is 0 Å². The molecule has 2 rings (SSSR count). The molecule has 0 aliphatic rings. The summed E-state index contributed by atoms with van der Waals surface area (Å²) in [5, 5.41) is 5.24. The number of hydrogen-bond donors (Lipinski definition) is 2. The zero-order valence-electron chi connectivity index (χ0n) is 16.4. The number of anilines is 1. The van der Waals surface area contributed by atoms with Crippen LogP contribution in [0.5, 0.6) is 11.5 Å². The number of carbonyl (C=O) groups excluding carboxylic acids is 2. The summed E-state index contributed by atoms with van der Waals surface area (Å²) in [6.07, 6.45) is 0. The quantitative estimate of drug-likeness (QED) is 0.658. The second-order valence-electron chi connectivity index (χ2n) is 6.49. The van der Waals surface area contributed by atoms with Gasteiger partial charge in [0.25, 0.3) is 5.91 Å². The normalized spacial score (nSPS) is 11.8. The van der Waals surface area contributed by atoms with Crippen molar-refractivity contribution >= 4 is 17.5 Å². The third kappa shape index (κ3) is 6.17. The lowest BCUT2D eigenvalue weighted by molar-refractivity contribution is -0.119. The predicted octanol–water partition coefficient (Wildman–Crippen LogP) is 4.08. The molecule has 0 saturated heterocycles. The number of rotatable bonds is 9. The average Bonchev–Trinajstić information content (AvgIpc) is 2.67. The standard InChI is InChI=1S/C21H24F2N2O4/c1-4-28-16-11-7-5-9-14(16)19(26)25-18(13(2)3)20(27)24-15-10-6-8-12-17(15)29-21(22)23/h5-13,18,21H,4H2,1-3H3,(H,24,27)(H,25,26)/t18-/m0/s1. The maximum Gasteiger partial charge on any atom is 0.387 e. The Hall–Kier alpha value is -3.16. The van der Waals surface area contributed by atoms with Crippen molar-refractivity contribution in [3.05, 3.63) is 54.1 Å². The highest BCUT2D eigenvalue weighted by Crippen LogP contribution is 2.26. The van der Waals surface area contributed by atoms with E-state index in [0.717, 1.165) is 0 Å². The maximum absolute atomic E-state index is 12.8. The molecule has 0 fully saturated rings. The van der Waals surface area contributed by atoms with Crippen molar-refractivity contribution in [3.8, 4) is 11.5 Å². The molecule has 0 radical (unpaired) electrons. The van der Waals surface area contributed by atoms with Crippen LogP contribution in [0.4, 0.5) is 14.5 Å². The van der Waals surface area contributed by atoms with Gasteiger partial charge in [0.1, 0.15) is 17.5 Å². The maximum atomic E-state index is 12.8. The molecule has 156 valence electrons. The SMILES string of the molecule is CCOc1ccccc1C(=O)N[C@H](C(=O)Nc1ccccc1OC(F)F)C(C)C. The number of carbonyl (C=O) groups is 2. The fourth-order valence-electron chi connectivity index (χ4n) is 2.67. The first kappa shape index (κ1) is 22.1. The Morgan fingerprint density at radius 3 is 2.24 bits per heavy atom. The molecular formula is C21H24F2N2O4. The van der Waals surface area contributed by atoms with E-state index in [9.17, 15) is 18.4 Å². The highest BCUT2D eigenvalue weighted by Gasteiger charge is 2.26. The van der Waals surface area contributed by atoms with Gasteiger partial charge >= 0.3 is 6.61 Å². The van der Waals surface area contributed by atoms with Crippen molar-refractivity contribution in [3.63, 3.8) is 0 Å². The van der Waals surface area contributed by atoms with Gasteiger partial charge in [0.2, 0.25) is 5.91 Å². The van der Waals surface area contributed by atoms with Gasteiger partial charge in [-0.25, -0.2) is 0 Å². The Bertz CT molecular complexity index is 843. The van der Waals surface area contributed by atoms with Gasteiger partial charge in [-0.15, -0.1) is 0 Å². The molecule has 0 spiro atoms. The Morgan fingerprint density at radius 1 is 1.00 bits per heavy atom. The lowest BCUT2D eigenvalue weighted by Gasteiger charge is -2.23. The third-order valence-electron chi connectivity index (χ3n) is 4.03. The van der Waals surface area contributed by atoms with Gasteiger partial charge in [-0.05, 0) is 37.1 Å². The van der Waals surface area contributed by atoms with Crippen LogP contribution in [-0.4, -0.2) is 31.1 Å². The van der Waals surface area contributed by atoms with Crippen molar-refractivity contribution in [2.24, 2.45) is 5.92 Å². The molecule has 0 heterocycles. The van der Waals surface area contributed by atoms with Crippen LogP contribution in [0.3, 0.4) is 0 Å². The van der Waals surface area contributed by atoms with Gasteiger partial charge < -0.3 is 20.1 Å². The summed E-state index contributed by atoms with van der Waals surface area (Å²) in [6, 6.07) is 11.7. The fourth-order valence-corrected chi connectivity index (χ4v) is 2.67. The molecule has 2 amide bonds. The van der Waals surface area contributed by atoms with Crippen LogP contribution in [-0.2, 0) is 4.79 Å². The number of nitrogens with one attached hydrogen (secondary N) is 2. The minimum atomic E-state index is -3.02. The van der Waals surface area contributed by atoms with Gasteiger partial charge in [0.05, 0.1) is 17.9 Å². The lowest BCUT2D eigenvalue weighted by atomic mass is 10.0. The van der Waals surface area contributed by atoms with Crippen molar-refractivity contribution in [2.45, 2.75) is 33.4 Å². The Kier molecular flexibility index (Phi) is 7.94.